The van der Waals surface area contributed by atoms with Gasteiger partial charge in [0, 0.05) is 18.8 Å². The van der Waals surface area contributed by atoms with Gasteiger partial charge in [0.05, 0.1) is 0 Å². The minimum atomic E-state index is -0.0490. The van der Waals surface area contributed by atoms with E-state index in [0.717, 1.165) is 25.8 Å². The van der Waals surface area contributed by atoms with Gasteiger partial charge in [0.2, 0.25) is 0 Å². The number of hydrogen-bond donors (Lipinski definition) is 1. The van der Waals surface area contributed by atoms with E-state index in [9.17, 15) is 4.79 Å². The fourth-order valence-corrected chi connectivity index (χ4v) is 2.82. The first kappa shape index (κ1) is 13.6. The van der Waals surface area contributed by atoms with Crippen LogP contribution in [0.4, 0.5) is 10.6 Å². The van der Waals surface area contributed by atoms with Crippen LogP contribution in [0.5, 0.6) is 0 Å². The van der Waals surface area contributed by atoms with Crippen molar-refractivity contribution in [2.24, 2.45) is 0 Å². The van der Waals surface area contributed by atoms with Gasteiger partial charge in [-0.3, -0.25) is 5.32 Å². The quantitative estimate of drug-likeness (QED) is 0.938. The van der Waals surface area contributed by atoms with E-state index < -0.39 is 0 Å². The number of amides is 2. The molecule has 4 heteroatoms. The highest BCUT2D eigenvalue weighted by atomic mass is 16.2. The third kappa shape index (κ3) is 3.40. The zero-order chi connectivity index (χ0) is 14.5. The van der Waals surface area contributed by atoms with E-state index in [4.69, 9.17) is 0 Å². The normalized spacial score (nSPS) is 17.7. The van der Waals surface area contributed by atoms with Crippen molar-refractivity contribution in [1.29, 1.82) is 0 Å². The van der Waals surface area contributed by atoms with Crippen LogP contribution in [0.3, 0.4) is 0 Å². The Balaban J connectivity index is 1.65. The molecule has 1 atom stereocenters. The van der Waals surface area contributed by atoms with Gasteiger partial charge in [0.1, 0.15) is 5.82 Å². The number of benzene rings is 1. The van der Waals surface area contributed by atoms with E-state index in [2.05, 4.69) is 22.4 Å². The minimum absolute atomic E-state index is 0.0490. The molecule has 1 aromatic carbocycles. The Kier molecular flexibility index (Phi) is 4.15. The van der Waals surface area contributed by atoms with Crippen LogP contribution in [0.1, 0.15) is 18.4 Å². The van der Waals surface area contributed by atoms with Gasteiger partial charge in [-0.15, -0.1) is 0 Å². The third-order valence-electron chi connectivity index (χ3n) is 3.85. The Morgan fingerprint density at radius 3 is 2.76 bits per heavy atom. The van der Waals surface area contributed by atoms with Gasteiger partial charge in [-0.25, -0.2) is 9.78 Å². The molecule has 2 amide bonds. The van der Waals surface area contributed by atoms with Crippen LogP contribution in [-0.2, 0) is 6.42 Å². The fraction of sp³-hybridized carbons (Fsp3) is 0.294. The average Bonchev–Trinajstić information content (AvgIpc) is 2.97. The summed E-state index contributed by atoms with van der Waals surface area (Å²) in [5, 5.41) is 2.88. The Morgan fingerprint density at radius 2 is 2.00 bits per heavy atom. The van der Waals surface area contributed by atoms with Crippen molar-refractivity contribution in [3.05, 3.63) is 60.3 Å². The summed E-state index contributed by atoms with van der Waals surface area (Å²) in [5.74, 6) is 0.605. The molecular formula is C17H19N3O. The van der Waals surface area contributed by atoms with Crippen LogP contribution >= 0.6 is 0 Å². The molecule has 21 heavy (non-hydrogen) atoms. The lowest BCUT2D eigenvalue weighted by atomic mass is 10.0. The van der Waals surface area contributed by atoms with Gasteiger partial charge < -0.3 is 4.90 Å². The molecule has 1 saturated heterocycles. The maximum atomic E-state index is 12.4. The Hall–Kier alpha value is -2.36. The molecule has 1 aliphatic heterocycles. The zero-order valence-corrected chi connectivity index (χ0v) is 11.9. The number of aromatic nitrogens is 1. The second-order valence-electron chi connectivity index (χ2n) is 5.32. The van der Waals surface area contributed by atoms with Crippen molar-refractivity contribution in [1.82, 2.24) is 9.88 Å². The minimum Gasteiger partial charge on any atom is -0.321 e. The molecule has 1 aromatic heterocycles. The van der Waals surface area contributed by atoms with Gasteiger partial charge in [-0.1, -0.05) is 36.4 Å². The van der Waals surface area contributed by atoms with Crippen LogP contribution in [-0.4, -0.2) is 28.5 Å². The largest absolute Gasteiger partial charge is 0.323 e. The third-order valence-corrected chi connectivity index (χ3v) is 3.85. The number of likely N-dealkylation sites (tertiary alicyclic amines) is 1. The Bertz CT molecular complexity index is 585. The van der Waals surface area contributed by atoms with E-state index in [-0.39, 0.29) is 12.1 Å². The molecule has 1 fully saturated rings. The summed E-state index contributed by atoms with van der Waals surface area (Å²) in [6.07, 6.45) is 4.72. The fourth-order valence-electron chi connectivity index (χ4n) is 2.82. The number of pyridine rings is 1. The highest BCUT2D eigenvalue weighted by Gasteiger charge is 2.28. The second kappa shape index (κ2) is 6.39. The van der Waals surface area contributed by atoms with Gasteiger partial charge >= 0.3 is 6.03 Å². The number of urea groups is 1. The van der Waals surface area contributed by atoms with Gasteiger partial charge in [0.15, 0.2) is 0 Å². The molecule has 3 rings (SSSR count). The highest BCUT2D eigenvalue weighted by Crippen LogP contribution is 2.22. The Labute approximate surface area is 124 Å². The van der Waals surface area contributed by atoms with Gasteiger partial charge in [-0.2, -0.15) is 0 Å². The van der Waals surface area contributed by atoms with Crippen LogP contribution in [0.15, 0.2) is 54.7 Å². The number of carbonyl (C=O) groups is 1. The molecule has 0 aliphatic carbocycles. The molecule has 4 nitrogen and oxygen atoms in total. The maximum absolute atomic E-state index is 12.4. The van der Waals surface area contributed by atoms with E-state index in [0.29, 0.717) is 5.82 Å². The van der Waals surface area contributed by atoms with Gasteiger partial charge in [0.25, 0.3) is 0 Å². The van der Waals surface area contributed by atoms with E-state index >= 15 is 0 Å². The van der Waals surface area contributed by atoms with Crippen LogP contribution in [0, 0.1) is 0 Å². The predicted octanol–water partition coefficient (Wildman–Crippen LogP) is 3.32. The van der Waals surface area contributed by atoms with E-state index in [1.807, 2.05) is 35.2 Å². The molecule has 2 heterocycles. The number of rotatable bonds is 3. The van der Waals surface area contributed by atoms with Crippen molar-refractivity contribution < 1.29 is 4.79 Å². The summed E-state index contributed by atoms with van der Waals surface area (Å²) in [5.41, 5.74) is 1.28. The number of hydrogen-bond acceptors (Lipinski definition) is 2. The smallest absolute Gasteiger partial charge is 0.321 e. The van der Waals surface area contributed by atoms with Crippen LogP contribution < -0.4 is 5.32 Å². The van der Waals surface area contributed by atoms with Crippen LogP contribution in [0.2, 0.25) is 0 Å². The monoisotopic (exact) mass is 281 g/mol. The molecular weight excluding hydrogens is 262 g/mol. The lowest BCUT2D eigenvalue weighted by Crippen LogP contribution is -2.39. The first-order valence-corrected chi connectivity index (χ1v) is 7.35. The summed E-state index contributed by atoms with van der Waals surface area (Å²) < 4.78 is 0. The molecule has 2 aromatic rings. The lowest BCUT2D eigenvalue weighted by Gasteiger charge is -2.25. The summed E-state index contributed by atoms with van der Waals surface area (Å²) in [6.45, 7) is 0.816. The molecule has 0 saturated carbocycles. The summed E-state index contributed by atoms with van der Waals surface area (Å²) >= 11 is 0. The standard InChI is InChI=1S/C17H19N3O/c21-17(19-16-10-4-5-11-18-16)20-12-6-9-15(20)13-14-7-2-1-3-8-14/h1-5,7-8,10-11,15H,6,9,12-13H2,(H,18,19,21)/t15-/m0/s1. The van der Waals surface area contributed by atoms with Crippen molar-refractivity contribution in [2.75, 3.05) is 11.9 Å². The number of nitrogens with zero attached hydrogens (tertiary/aromatic N) is 2. The SMILES string of the molecule is O=C(Nc1ccccn1)N1CCC[C@H]1Cc1ccccc1. The molecule has 0 bridgehead atoms. The van der Waals surface area contributed by atoms with Crippen molar-refractivity contribution in [3.8, 4) is 0 Å². The number of carbonyl (C=O) groups excluding carboxylic acids is 1. The highest BCUT2D eigenvalue weighted by molar-refractivity contribution is 5.88. The zero-order valence-electron chi connectivity index (χ0n) is 11.9. The number of anilines is 1. The van der Waals surface area contributed by atoms with Crippen molar-refractivity contribution in [2.45, 2.75) is 25.3 Å². The topological polar surface area (TPSA) is 45.2 Å². The lowest BCUT2D eigenvalue weighted by molar-refractivity contribution is 0.206. The first-order chi connectivity index (χ1) is 10.3. The van der Waals surface area contributed by atoms with Gasteiger partial charge in [-0.05, 0) is 37.0 Å². The Morgan fingerprint density at radius 1 is 1.19 bits per heavy atom. The van der Waals surface area contributed by atoms with E-state index in [1.165, 1.54) is 5.56 Å². The maximum Gasteiger partial charge on any atom is 0.323 e. The molecule has 1 aliphatic rings. The molecule has 0 unspecified atom stereocenters. The molecule has 0 spiro atoms. The predicted molar refractivity (Wildman–Crippen MR) is 83.1 cm³/mol. The summed E-state index contributed by atoms with van der Waals surface area (Å²) in [6, 6.07) is 16.1. The van der Waals surface area contributed by atoms with Crippen molar-refractivity contribution >= 4 is 11.8 Å². The van der Waals surface area contributed by atoms with E-state index in [1.54, 1.807) is 12.3 Å². The number of nitrogens with one attached hydrogen (secondary N) is 1. The van der Waals surface area contributed by atoms with Crippen molar-refractivity contribution in [3.63, 3.8) is 0 Å². The summed E-state index contributed by atoms with van der Waals surface area (Å²) in [7, 11) is 0. The summed E-state index contributed by atoms with van der Waals surface area (Å²) in [4.78, 5) is 18.5. The molecule has 108 valence electrons. The average molecular weight is 281 g/mol. The second-order valence-corrected chi connectivity index (χ2v) is 5.32. The molecule has 0 radical (unpaired) electrons. The first-order valence-electron chi connectivity index (χ1n) is 7.35. The van der Waals surface area contributed by atoms with Crippen LogP contribution in [0.25, 0.3) is 0 Å². The molecule has 1 N–H and O–H groups in total.